The molecule has 1 amide bonds. The first-order valence-corrected chi connectivity index (χ1v) is 11.4. The van der Waals surface area contributed by atoms with Crippen LogP contribution in [0.1, 0.15) is 49.7 Å². The van der Waals surface area contributed by atoms with E-state index in [1.807, 2.05) is 32.0 Å². The third-order valence-corrected chi connectivity index (χ3v) is 7.27. The topological polar surface area (TPSA) is 66.5 Å². The molecule has 0 aliphatic heterocycles. The van der Waals surface area contributed by atoms with Gasteiger partial charge in [0.2, 0.25) is 15.9 Å². The van der Waals surface area contributed by atoms with Gasteiger partial charge in [0.05, 0.1) is 11.9 Å². The second-order valence-corrected chi connectivity index (χ2v) is 9.91. The van der Waals surface area contributed by atoms with Gasteiger partial charge in [-0.05, 0) is 68.6 Å². The maximum Gasteiger partial charge on any atom is 0.232 e. The van der Waals surface area contributed by atoms with E-state index < -0.39 is 10.0 Å². The van der Waals surface area contributed by atoms with Crippen LogP contribution in [-0.4, -0.2) is 33.2 Å². The molecule has 2 aliphatic carbocycles. The normalized spacial score (nSPS) is 24.7. The van der Waals surface area contributed by atoms with Crippen LogP contribution in [0.4, 0.5) is 5.69 Å². The summed E-state index contributed by atoms with van der Waals surface area (Å²) >= 11 is 0. The Kier molecular flexibility index (Phi) is 5.61. The molecule has 2 bridgehead atoms. The fourth-order valence-corrected chi connectivity index (χ4v) is 5.57. The summed E-state index contributed by atoms with van der Waals surface area (Å²) < 4.78 is 26.0. The molecular weight excluding hydrogens is 348 g/mol. The van der Waals surface area contributed by atoms with Crippen molar-refractivity contribution in [1.82, 2.24) is 5.32 Å². The predicted molar refractivity (Wildman–Crippen MR) is 105 cm³/mol. The van der Waals surface area contributed by atoms with E-state index in [4.69, 9.17) is 0 Å². The first kappa shape index (κ1) is 19.2. The minimum absolute atomic E-state index is 0.0527. The Bertz CT molecular complexity index is 775. The molecule has 2 saturated carbocycles. The van der Waals surface area contributed by atoms with Crippen LogP contribution in [0, 0.1) is 25.7 Å². The molecule has 0 aromatic heterocycles. The molecule has 1 aromatic rings. The van der Waals surface area contributed by atoms with Crippen LogP contribution in [0.3, 0.4) is 0 Å². The second kappa shape index (κ2) is 7.59. The zero-order chi connectivity index (χ0) is 18.9. The fraction of sp³-hybridized carbons (Fsp3) is 0.650. The molecule has 0 saturated heterocycles. The molecule has 3 rings (SSSR count). The van der Waals surface area contributed by atoms with Gasteiger partial charge in [-0.3, -0.25) is 9.10 Å². The summed E-state index contributed by atoms with van der Waals surface area (Å²) in [7, 11) is -3.38. The number of anilines is 1. The molecule has 144 valence electrons. The lowest BCUT2D eigenvalue weighted by Crippen LogP contribution is -2.39. The molecule has 6 heteroatoms. The quantitative estimate of drug-likeness (QED) is 0.792. The van der Waals surface area contributed by atoms with E-state index in [1.54, 1.807) is 0 Å². The molecule has 2 fully saturated rings. The summed E-state index contributed by atoms with van der Waals surface area (Å²) in [5.74, 6) is 1.51. The zero-order valence-corrected chi connectivity index (χ0v) is 16.8. The Morgan fingerprint density at radius 3 is 2.62 bits per heavy atom. The maximum atomic E-state index is 12.3. The number of nitrogens with zero attached hydrogens (tertiary/aromatic N) is 1. The molecule has 5 nitrogen and oxygen atoms in total. The van der Waals surface area contributed by atoms with Crippen LogP contribution in [0.2, 0.25) is 0 Å². The third-order valence-electron chi connectivity index (χ3n) is 6.09. The van der Waals surface area contributed by atoms with E-state index in [-0.39, 0.29) is 5.91 Å². The van der Waals surface area contributed by atoms with Gasteiger partial charge in [0.1, 0.15) is 0 Å². The number of benzene rings is 1. The van der Waals surface area contributed by atoms with Gasteiger partial charge in [-0.15, -0.1) is 0 Å². The van der Waals surface area contributed by atoms with E-state index in [9.17, 15) is 13.2 Å². The van der Waals surface area contributed by atoms with Crippen LogP contribution in [0.15, 0.2) is 18.2 Å². The van der Waals surface area contributed by atoms with Crippen LogP contribution >= 0.6 is 0 Å². The van der Waals surface area contributed by atoms with Gasteiger partial charge in [0.15, 0.2) is 0 Å². The summed E-state index contributed by atoms with van der Waals surface area (Å²) in [5.41, 5.74) is 2.73. The lowest BCUT2D eigenvalue weighted by atomic mass is 9.95. The van der Waals surface area contributed by atoms with Crippen molar-refractivity contribution in [3.05, 3.63) is 29.3 Å². The Morgan fingerprint density at radius 2 is 2.00 bits per heavy atom. The van der Waals surface area contributed by atoms with Gasteiger partial charge in [-0.2, -0.15) is 0 Å². The zero-order valence-electron chi connectivity index (χ0n) is 16.0. The lowest BCUT2D eigenvalue weighted by molar-refractivity contribution is -0.122. The van der Waals surface area contributed by atoms with E-state index in [2.05, 4.69) is 5.32 Å². The number of hydrogen-bond donors (Lipinski definition) is 1. The number of hydrogen-bond acceptors (Lipinski definition) is 3. The third kappa shape index (κ3) is 4.22. The number of carbonyl (C=O) groups is 1. The minimum Gasteiger partial charge on any atom is -0.353 e. The van der Waals surface area contributed by atoms with Gasteiger partial charge in [0, 0.05) is 19.0 Å². The average Bonchev–Trinajstić information content (AvgIpc) is 3.16. The number of sulfonamides is 1. The highest BCUT2D eigenvalue weighted by Crippen LogP contribution is 2.44. The monoisotopic (exact) mass is 378 g/mol. The number of amides is 1. The van der Waals surface area contributed by atoms with Crippen molar-refractivity contribution >= 4 is 21.6 Å². The minimum atomic E-state index is -3.38. The van der Waals surface area contributed by atoms with Gasteiger partial charge in [-0.1, -0.05) is 18.6 Å². The van der Waals surface area contributed by atoms with E-state index in [0.29, 0.717) is 37.0 Å². The first-order valence-electron chi connectivity index (χ1n) is 9.59. The van der Waals surface area contributed by atoms with Crippen LogP contribution in [-0.2, 0) is 14.8 Å². The highest BCUT2D eigenvalue weighted by Gasteiger charge is 2.39. The molecule has 0 unspecified atom stereocenters. The van der Waals surface area contributed by atoms with Crippen molar-refractivity contribution in [3.8, 4) is 0 Å². The van der Waals surface area contributed by atoms with Crippen LogP contribution < -0.4 is 9.62 Å². The summed E-state index contributed by atoms with van der Waals surface area (Å²) in [4.78, 5) is 12.3. The highest BCUT2D eigenvalue weighted by atomic mass is 32.2. The Hall–Kier alpha value is -1.56. The molecule has 26 heavy (non-hydrogen) atoms. The second-order valence-electron chi connectivity index (χ2n) is 8.01. The molecule has 1 aromatic carbocycles. The van der Waals surface area contributed by atoms with Crippen LogP contribution in [0.5, 0.6) is 0 Å². The highest BCUT2D eigenvalue weighted by molar-refractivity contribution is 7.92. The van der Waals surface area contributed by atoms with Crippen molar-refractivity contribution in [2.45, 2.75) is 58.4 Å². The molecule has 2 aliphatic rings. The first-order chi connectivity index (χ1) is 12.3. The van der Waals surface area contributed by atoms with E-state index in [0.717, 1.165) is 23.5 Å². The fourth-order valence-electron chi connectivity index (χ4n) is 4.55. The summed E-state index contributed by atoms with van der Waals surface area (Å²) in [5, 5.41) is 3.18. The molecular formula is C20H30N2O3S. The van der Waals surface area contributed by atoms with Gasteiger partial charge >= 0.3 is 0 Å². The van der Waals surface area contributed by atoms with Crippen molar-refractivity contribution in [3.63, 3.8) is 0 Å². The Morgan fingerprint density at radius 1 is 1.23 bits per heavy atom. The summed E-state index contributed by atoms with van der Waals surface area (Å²) in [6, 6.07) is 6.02. The number of carbonyl (C=O) groups excluding carboxylic acids is 1. The number of nitrogens with one attached hydrogen (secondary N) is 1. The van der Waals surface area contributed by atoms with Crippen molar-refractivity contribution < 1.29 is 13.2 Å². The van der Waals surface area contributed by atoms with Gasteiger partial charge in [0.25, 0.3) is 0 Å². The Labute approximate surface area is 157 Å². The molecule has 0 radical (unpaired) electrons. The lowest BCUT2D eigenvalue weighted by Gasteiger charge is -2.25. The number of rotatable bonds is 7. The Balaban J connectivity index is 1.57. The van der Waals surface area contributed by atoms with Crippen molar-refractivity contribution in [2.24, 2.45) is 11.8 Å². The molecule has 1 N–H and O–H groups in total. The molecule has 0 heterocycles. The maximum absolute atomic E-state index is 12.3. The molecule has 3 atom stereocenters. The van der Waals surface area contributed by atoms with E-state index in [1.165, 1.54) is 29.8 Å². The summed E-state index contributed by atoms with van der Waals surface area (Å²) in [6.07, 6.45) is 7.05. The average molecular weight is 379 g/mol. The SMILES string of the molecule is Cc1cccc(N(CCCC(=O)N[C@@H]2C[C@H]3CC[C@H]2C3)S(C)(=O)=O)c1C. The number of aryl methyl sites for hydroxylation is 1. The summed E-state index contributed by atoms with van der Waals surface area (Å²) in [6.45, 7) is 4.24. The van der Waals surface area contributed by atoms with Gasteiger partial charge < -0.3 is 5.32 Å². The van der Waals surface area contributed by atoms with Gasteiger partial charge in [-0.25, -0.2) is 8.42 Å². The standard InChI is InChI=1S/C20H30N2O3S/c1-14-6-4-7-19(15(14)2)22(26(3,24)25)11-5-8-20(23)21-18-13-16-9-10-17(18)12-16/h4,6-7,16-18H,5,8-13H2,1-3H3,(H,21,23)/t16-,17-,18+/m0/s1. The van der Waals surface area contributed by atoms with Crippen molar-refractivity contribution in [1.29, 1.82) is 0 Å². The van der Waals surface area contributed by atoms with Crippen molar-refractivity contribution in [2.75, 3.05) is 17.1 Å². The van der Waals surface area contributed by atoms with Crippen LogP contribution in [0.25, 0.3) is 0 Å². The predicted octanol–water partition coefficient (Wildman–Crippen LogP) is 3.15. The smallest absolute Gasteiger partial charge is 0.232 e. The number of fused-ring (bicyclic) bond motifs is 2. The van der Waals surface area contributed by atoms with E-state index >= 15 is 0 Å². The largest absolute Gasteiger partial charge is 0.353 e. The molecule has 0 spiro atoms.